The highest BCUT2D eigenvalue weighted by Crippen LogP contribution is 2.38. The molecular formula is C19H30ClN. The summed E-state index contributed by atoms with van der Waals surface area (Å²) < 4.78 is 0. The summed E-state index contributed by atoms with van der Waals surface area (Å²) in [5.41, 5.74) is 1.83. The number of hydrogen-bond acceptors (Lipinski definition) is 1. The van der Waals surface area contributed by atoms with E-state index in [0.717, 1.165) is 11.6 Å². The van der Waals surface area contributed by atoms with E-state index in [1.165, 1.54) is 44.1 Å². The molecule has 1 fully saturated rings. The maximum Gasteiger partial charge on any atom is 0.0408 e. The van der Waals surface area contributed by atoms with Crippen LogP contribution in [0.15, 0.2) is 24.3 Å². The number of hydrogen-bond donors (Lipinski definition) is 1. The first-order valence-corrected chi connectivity index (χ1v) is 8.87. The molecule has 0 unspecified atom stereocenters. The van der Waals surface area contributed by atoms with Gasteiger partial charge in [-0.3, -0.25) is 0 Å². The van der Waals surface area contributed by atoms with Gasteiger partial charge in [0.1, 0.15) is 0 Å². The van der Waals surface area contributed by atoms with Gasteiger partial charge in [-0.15, -0.1) is 0 Å². The third-order valence-corrected chi connectivity index (χ3v) is 5.02. The van der Waals surface area contributed by atoms with E-state index in [4.69, 9.17) is 11.6 Å². The van der Waals surface area contributed by atoms with Crippen molar-refractivity contribution in [3.63, 3.8) is 0 Å². The van der Waals surface area contributed by atoms with Crippen LogP contribution in [0.4, 0.5) is 0 Å². The molecule has 1 nitrogen and oxygen atoms in total. The minimum Gasteiger partial charge on any atom is -0.313 e. The lowest BCUT2D eigenvalue weighted by Crippen LogP contribution is -2.44. The van der Waals surface area contributed by atoms with Crippen molar-refractivity contribution in [2.45, 2.75) is 71.3 Å². The van der Waals surface area contributed by atoms with E-state index < -0.39 is 0 Å². The van der Waals surface area contributed by atoms with Crippen molar-refractivity contribution < 1.29 is 0 Å². The first kappa shape index (κ1) is 16.8. The highest BCUT2D eigenvalue weighted by atomic mass is 35.5. The Morgan fingerprint density at radius 2 is 2.00 bits per heavy atom. The third-order valence-electron chi connectivity index (χ3n) is 4.78. The molecule has 0 aliphatic heterocycles. The summed E-state index contributed by atoms with van der Waals surface area (Å²) in [5, 5.41) is 4.63. The molecular weight excluding hydrogens is 278 g/mol. The van der Waals surface area contributed by atoms with Crippen molar-refractivity contribution in [3.8, 4) is 0 Å². The van der Waals surface area contributed by atoms with E-state index in [0.29, 0.717) is 17.4 Å². The molecule has 0 amide bonds. The number of rotatable bonds is 8. The number of halogens is 1. The summed E-state index contributed by atoms with van der Waals surface area (Å²) in [4.78, 5) is 0. The molecule has 1 aliphatic carbocycles. The van der Waals surface area contributed by atoms with Crippen molar-refractivity contribution in [2.75, 3.05) is 6.54 Å². The van der Waals surface area contributed by atoms with Crippen LogP contribution in [0.5, 0.6) is 0 Å². The number of nitrogens with one attached hydrogen (secondary N) is 1. The quantitative estimate of drug-likeness (QED) is 0.600. The third kappa shape index (κ3) is 5.30. The topological polar surface area (TPSA) is 12.0 Å². The van der Waals surface area contributed by atoms with Gasteiger partial charge in [0.25, 0.3) is 0 Å². The molecule has 0 heterocycles. The van der Waals surface area contributed by atoms with Crippen LogP contribution >= 0.6 is 11.6 Å². The van der Waals surface area contributed by atoms with Crippen LogP contribution in [0.1, 0.15) is 70.8 Å². The van der Waals surface area contributed by atoms with Crippen LogP contribution < -0.4 is 5.32 Å². The Hall–Kier alpha value is -0.530. The van der Waals surface area contributed by atoms with Crippen molar-refractivity contribution in [1.82, 2.24) is 5.32 Å². The maximum absolute atomic E-state index is 6.07. The molecule has 1 aliphatic rings. The second kappa shape index (κ2) is 7.65. The van der Waals surface area contributed by atoms with Gasteiger partial charge in [-0.25, -0.2) is 0 Å². The monoisotopic (exact) mass is 307 g/mol. The highest BCUT2D eigenvalue weighted by molar-refractivity contribution is 6.30. The summed E-state index contributed by atoms with van der Waals surface area (Å²) in [5.74, 6) is 0.699. The fraction of sp³-hybridized carbons (Fsp3) is 0.684. The predicted molar refractivity (Wildman–Crippen MR) is 93.1 cm³/mol. The smallest absolute Gasteiger partial charge is 0.0408 e. The lowest BCUT2D eigenvalue weighted by molar-refractivity contribution is 0.231. The zero-order valence-electron chi connectivity index (χ0n) is 13.8. The van der Waals surface area contributed by atoms with Crippen molar-refractivity contribution in [3.05, 3.63) is 34.9 Å². The average Bonchev–Trinajstić information content (AvgIpc) is 2.37. The second-order valence-corrected chi connectivity index (χ2v) is 7.86. The summed E-state index contributed by atoms with van der Waals surface area (Å²) >= 11 is 6.07. The molecule has 118 valence electrons. The van der Waals surface area contributed by atoms with E-state index in [2.05, 4.69) is 44.3 Å². The summed E-state index contributed by atoms with van der Waals surface area (Å²) in [6, 6.07) is 9.05. The molecule has 0 saturated heterocycles. The molecule has 1 N–H and O–H groups in total. The first-order chi connectivity index (χ1) is 10.00. The molecule has 0 atom stereocenters. The number of unbranched alkanes of at least 4 members (excludes halogenated alkanes) is 2. The average molecular weight is 308 g/mol. The van der Waals surface area contributed by atoms with E-state index in [1.807, 2.05) is 6.07 Å². The van der Waals surface area contributed by atoms with Crippen LogP contribution in [0.3, 0.4) is 0 Å². The Balaban J connectivity index is 1.68. The molecule has 1 aromatic carbocycles. The van der Waals surface area contributed by atoms with Crippen LogP contribution in [-0.2, 0) is 0 Å². The summed E-state index contributed by atoms with van der Waals surface area (Å²) in [6.07, 6.45) is 7.88. The standard InChI is InChI=1S/C19H30ClN/c1-4-5-6-10-19(2,3)14-21-18-12-16(13-18)15-8-7-9-17(20)11-15/h7-9,11,16,18,21H,4-6,10,12-14H2,1-3H3. The van der Waals surface area contributed by atoms with Gasteiger partial charge in [0.2, 0.25) is 0 Å². The minimum atomic E-state index is 0.427. The molecule has 2 heteroatoms. The van der Waals surface area contributed by atoms with Crippen molar-refractivity contribution in [1.29, 1.82) is 0 Å². The Morgan fingerprint density at radius 3 is 2.67 bits per heavy atom. The van der Waals surface area contributed by atoms with E-state index in [9.17, 15) is 0 Å². The lowest BCUT2D eigenvalue weighted by atomic mass is 9.75. The van der Waals surface area contributed by atoms with Crippen LogP contribution in [-0.4, -0.2) is 12.6 Å². The molecule has 1 saturated carbocycles. The summed E-state index contributed by atoms with van der Waals surface area (Å²) in [7, 11) is 0. The Bertz CT molecular complexity index is 435. The predicted octanol–water partition coefficient (Wildman–Crippen LogP) is 5.78. The molecule has 2 rings (SSSR count). The molecule has 21 heavy (non-hydrogen) atoms. The summed E-state index contributed by atoms with van der Waals surface area (Å²) in [6.45, 7) is 8.20. The van der Waals surface area contributed by atoms with Gasteiger partial charge < -0.3 is 5.32 Å². The fourth-order valence-electron chi connectivity index (χ4n) is 3.18. The van der Waals surface area contributed by atoms with E-state index >= 15 is 0 Å². The maximum atomic E-state index is 6.07. The van der Waals surface area contributed by atoms with E-state index in [1.54, 1.807) is 0 Å². The van der Waals surface area contributed by atoms with Gasteiger partial charge in [0.15, 0.2) is 0 Å². The van der Waals surface area contributed by atoms with Gasteiger partial charge in [-0.05, 0) is 48.3 Å². The normalized spacial score (nSPS) is 22.1. The second-order valence-electron chi connectivity index (χ2n) is 7.42. The van der Waals surface area contributed by atoms with Crippen LogP contribution in [0, 0.1) is 5.41 Å². The fourth-order valence-corrected chi connectivity index (χ4v) is 3.38. The van der Waals surface area contributed by atoms with Gasteiger partial charge >= 0.3 is 0 Å². The van der Waals surface area contributed by atoms with Crippen molar-refractivity contribution >= 4 is 11.6 Å². The Labute approximate surface area is 135 Å². The molecule has 0 spiro atoms. The van der Waals surface area contributed by atoms with Gasteiger partial charge in [0, 0.05) is 17.6 Å². The molecule has 0 bridgehead atoms. The zero-order chi connectivity index (χ0) is 15.3. The van der Waals surface area contributed by atoms with Crippen LogP contribution in [0.2, 0.25) is 5.02 Å². The lowest BCUT2D eigenvalue weighted by Gasteiger charge is -2.38. The van der Waals surface area contributed by atoms with E-state index in [-0.39, 0.29) is 0 Å². The zero-order valence-corrected chi connectivity index (χ0v) is 14.5. The largest absolute Gasteiger partial charge is 0.313 e. The van der Waals surface area contributed by atoms with Crippen molar-refractivity contribution in [2.24, 2.45) is 5.41 Å². The Morgan fingerprint density at radius 1 is 1.24 bits per heavy atom. The Kier molecular flexibility index (Phi) is 6.13. The van der Waals surface area contributed by atoms with Gasteiger partial charge in [-0.1, -0.05) is 63.8 Å². The SMILES string of the molecule is CCCCCC(C)(C)CNC1CC(c2cccc(Cl)c2)C1. The van der Waals surface area contributed by atoms with Crippen LogP contribution in [0.25, 0.3) is 0 Å². The molecule has 0 aromatic heterocycles. The molecule has 0 radical (unpaired) electrons. The molecule has 1 aromatic rings. The van der Waals surface area contributed by atoms with Gasteiger partial charge in [0.05, 0.1) is 0 Å². The minimum absolute atomic E-state index is 0.427. The first-order valence-electron chi connectivity index (χ1n) is 8.49. The number of benzene rings is 1. The van der Waals surface area contributed by atoms with Gasteiger partial charge in [-0.2, -0.15) is 0 Å². The highest BCUT2D eigenvalue weighted by Gasteiger charge is 2.31.